The maximum absolute atomic E-state index is 3.74. The van der Waals surface area contributed by atoms with E-state index in [1.807, 2.05) is 48.5 Å². The molecule has 3 aromatic heterocycles. The van der Waals surface area contributed by atoms with Gasteiger partial charge in [-0.25, -0.2) is 0 Å². The highest BCUT2D eigenvalue weighted by Crippen LogP contribution is 2.42. The molecule has 1 N–H and O–H groups in total. The largest absolute Gasteiger partial charge is 0.355 e. The Labute approximate surface area is 373 Å². The van der Waals surface area contributed by atoms with Gasteiger partial charge in [0.25, 0.3) is 0 Å². The smallest absolute Gasteiger partial charge is 0.0621 e. The summed E-state index contributed by atoms with van der Waals surface area (Å²) in [5, 5.41) is 11.5. The number of para-hydroxylation sites is 3. The van der Waals surface area contributed by atoms with E-state index in [0.29, 0.717) is 0 Å². The molecule has 3 nitrogen and oxygen atoms in total. The normalized spacial score (nSPS) is 11.2. The van der Waals surface area contributed by atoms with Crippen LogP contribution >= 0.6 is 0 Å². The van der Waals surface area contributed by atoms with Crippen molar-refractivity contribution in [3.63, 3.8) is 0 Å². The second-order valence-corrected chi connectivity index (χ2v) is 16.2. The molecule has 10 aromatic carbocycles. The fourth-order valence-corrected chi connectivity index (χ4v) is 9.35. The van der Waals surface area contributed by atoms with Crippen LogP contribution in [0.4, 0.5) is 11.4 Å². The summed E-state index contributed by atoms with van der Waals surface area (Å²) in [5.41, 5.74) is 16.0. The van der Waals surface area contributed by atoms with Crippen LogP contribution in [0.2, 0.25) is 0 Å². The summed E-state index contributed by atoms with van der Waals surface area (Å²) in [4.78, 5) is 0. The SMILES string of the molecule is Cn1c2ccccc2c2ccc(-c3ccc(Nc4cccc5c4c4cccc6c7ccccc7n5c64)cc3)cc21.c1ccc(-c2cccc(-c3ccccc3)c2)cc1.c1ccccc1. The zero-order valence-electron chi connectivity index (χ0n) is 35.6. The third kappa shape index (κ3) is 7.09. The predicted molar refractivity (Wildman–Crippen MR) is 274 cm³/mol. The molecule has 13 rings (SSSR count). The first kappa shape index (κ1) is 38.5. The van der Waals surface area contributed by atoms with Crippen molar-refractivity contribution in [3.05, 3.63) is 249 Å². The summed E-state index contributed by atoms with van der Waals surface area (Å²) >= 11 is 0. The molecule has 0 radical (unpaired) electrons. The summed E-state index contributed by atoms with van der Waals surface area (Å²) in [5.74, 6) is 0. The van der Waals surface area contributed by atoms with E-state index in [2.05, 4.69) is 222 Å². The van der Waals surface area contributed by atoms with Crippen molar-refractivity contribution in [2.75, 3.05) is 5.32 Å². The van der Waals surface area contributed by atoms with E-state index < -0.39 is 0 Å². The Morgan fingerprint density at radius 1 is 0.297 bits per heavy atom. The minimum atomic E-state index is 1.08. The predicted octanol–water partition coefficient (Wildman–Crippen LogP) is 16.6. The average Bonchev–Trinajstić information content (AvgIpc) is 4.01. The van der Waals surface area contributed by atoms with Gasteiger partial charge in [-0.2, -0.15) is 0 Å². The van der Waals surface area contributed by atoms with Crippen molar-refractivity contribution in [2.45, 2.75) is 0 Å². The number of nitrogens with one attached hydrogen (secondary N) is 1. The molecule has 0 saturated heterocycles. The fourth-order valence-electron chi connectivity index (χ4n) is 9.35. The number of nitrogens with zero attached hydrogens (tertiary/aromatic N) is 2. The van der Waals surface area contributed by atoms with Crippen LogP contribution in [-0.2, 0) is 7.05 Å². The molecule has 0 aliphatic carbocycles. The molecule has 0 spiro atoms. The van der Waals surface area contributed by atoms with E-state index in [4.69, 9.17) is 0 Å². The number of hydrogen-bond acceptors (Lipinski definition) is 1. The summed E-state index contributed by atoms with van der Waals surface area (Å²) in [6.45, 7) is 0. The number of aryl methyl sites for hydroxylation is 1. The van der Waals surface area contributed by atoms with Gasteiger partial charge < -0.3 is 14.3 Å². The summed E-state index contributed by atoms with van der Waals surface area (Å²) in [6.07, 6.45) is 0. The van der Waals surface area contributed by atoms with Crippen molar-refractivity contribution in [1.82, 2.24) is 8.97 Å². The standard InChI is InChI=1S/C37H25N3.C18H14.C6H6/c1-39-32-13-4-2-8-26(32)28-21-18-24(22-35(28)39)23-16-19-25(20-17-23)38-31-12-7-15-34-36(31)30-11-6-10-29-27-9-3-5-14-33(27)40(34)37(29)30;1-3-8-15(9-4-1)17-12-7-13-18(14-17)16-10-5-2-6-11-16;1-2-4-6-5-3-1/h2-22,38H,1H3;1-14H;1-6H. The van der Waals surface area contributed by atoms with Crippen LogP contribution < -0.4 is 5.32 Å². The van der Waals surface area contributed by atoms with Crippen LogP contribution in [0.1, 0.15) is 0 Å². The summed E-state index contributed by atoms with van der Waals surface area (Å²) in [7, 11) is 2.15. The Kier molecular flexibility index (Phi) is 10.1. The van der Waals surface area contributed by atoms with Gasteiger partial charge in [-0.05, 0) is 81.9 Å². The molecule has 13 aromatic rings. The van der Waals surface area contributed by atoms with E-state index >= 15 is 0 Å². The molecule has 0 bridgehead atoms. The molecule has 0 fully saturated rings. The number of hydrogen-bond donors (Lipinski definition) is 1. The lowest BCUT2D eigenvalue weighted by Gasteiger charge is -2.10. The Hall–Kier alpha value is -8.40. The van der Waals surface area contributed by atoms with E-state index in [-0.39, 0.29) is 0 Å². The average molecular weight is 820 g/mol. The van der Waals surface area contributed by atoms with Crippen molar-refractivity contribution in [1.29, 1.82) is 0 Å². The van der Waals surface area contributed by atoms with Gasteiger partial charge in [0.15, 0.2) is 0 Å². The summed E-state index contributed by atoms with van der Waals surface area (Å²) in [6, 6.07) is 87.8. The van der Waals surface area contributed by atoms with Gasteiger partial charge in [0.05, 0.1) is 16.6 Å². The van der Waals surface area contributed by atoms with Gasteiger partial charge in [0.1, 0.15) is 0 Å². The molecule has 3 heteroatoms. The molecule has 3 heterocycles. The third-order valence-corrected chi connectivity index (χ3v) is 12.4. The van der Waals surface area contributed by atoms with Gasteiger partial charge in [-0.3, -0.25) is 0 Å². The minimum Gasteiger partial charge on any atom is -0.355 e. The lowest BCUT2D eigenvalue weighted by Crippen LogP contribution is -1.92. The van der Waals surface area contributed by atoms with Gasteiger partial charge >= 0.3 is 0 Å². The van der Waals surface area contributed by atoms with Gasteiger partial charge in [-0.1, -0.05) is 200 Å². The van der Waals surface area contributed by atoms with Crippen LogP contribution in [0.15, 0.2) is 249 Å². The second-order valence-electron chi connectivity index (χ2n) is 16.2. The highest BCUT2D eigenvalue weighted by atomic mass is 14.9. The zero-order chi connectivity index (χ0) is 42.8. The molecule has 0 aliphatic heterocycles. The van der Waals surface area contributed by atoms with E-state index in [9.17, 15) is 0 Å². The highest BCUT2D eigenvalue weighted by Gasteiger charge is 2.19. The number of anilines is 2. The summed E-state index contributed by atoms with van der Waals surface area (Å²) < 4.78 is 4.71. The van der Waals surface area contributed by atoms with Crippen LogP contribution in [0, 0.1) is 0 Å². The third-order valence-electron chi connectivity index (χ3n) is 12.4. The Morgan fingerprint density at radius 3 is 1.41 bits per heavy atom. The van der Waals surface area contributed by atoms with Crippen LogP contribution in [0.3, 0.4) is 0 Å². The maximum atomic E-state index is 3.74. The fraction of sp³-hybridized carbons (Fsp3) is 0.0164. The molecule has 0 unspecified atom stereocenters. The van der Waals surface area contributed by atoms with Gasteiger partial charge in [0.2, 0.25) is 0 Å². The van der Waals surface area contributed by atoms with Crippen molar-refractivity contribution >= 4 is 71.3 Å². The molecule has 0 atom stereocenters. The molecule has 0 saturated carbocycles. The number of aromatic nitrogens is 2. The lowest BCUT2D eigenvalue weighted by atomic mass is 9.99. The number of rotatable bonds is 5. The Balaban J connectivity index is 0.000000157. The highest BCUT2D eigenvalue weighted by molar-refractivity contribution is 6.25. The van der Waals surface area contributed by atoms with E-state index in [0.717, 1.165) is 11.4 Å². The van der Waals surface area contributed by atoms with Crippen molar-refractivity contribution in [3.8, 4) is 33.4 Å². The maximum Gasteiger partial charge on any atom is 0.0621 e. The molecule has 0 amide bonds. The topological polar surface area (TPSA) is 21.4 Å². The van der Waals surface area contributed by atoms with Gasteiger partial charge in [-0.15, -0.1) is 0 Å². The lowest BCUT2D eigenvalue weighted by molar-refractivity contribution is 1.01. The minimum absolute atomic E-state index is 1.08. The van der Waals surface area contributed by atoms with E-state index in [1.165, 1.54) is 93.3 Å². The number of benzene rings is 10. The van der Waals surface area contributed by atoms with Crippen LogP contribution in [-0.4, -0.2) is 8.97 Å². The molecular weight excluding hydrogens is 775 g/mol. The van der Waals surface area contributed by atoms with Crippen LogP contribution in [0.5, 0.6) is 0 Å². The Morgan fingerprint density at radius 2 is 0.734 bits per heavy atom. The van der Waals surface area contributed by atoms with Crippen molar-refractivity contribution in [2.24, 2.45) is 7.05 Å². The first-order chi connectivity index (χ1) is 31.7. The van der Waals surface area contributed by atoms with E-state index in [1.54, 1.807) is 0 Å². The van der Waals surface area contributed by atoms with Gasteiger partial charge in [0, 0.05) is 61.8 Å². The first-order valence-corrected chi connectivity index (χ1v) is 21.9. The second kappa shape index (κ2) is 16.8. The van der Waals surface area contributed by atoms with Crippen LogP contribution in [0.25, 0.3) is 93.3 Å². The molecule has 64 heavy (non-hydrogen) atoms. The Bertz CT molecular complexity index is 3600. The molecule has 304 valence electrons. The van der Waals surface area contributed by atoms with Crippen molar-refractivity contribution < 1.29 is 0 Å². The monoisotopic (exact) mass is 819 g/mol. The molecular formula is C61H45N3. The number of fused-ring (bicyclic) bond motifs is 9. The zero-order valence-corrected chi connectivity index (χ0v) is 35.6. The first-order valence-electron chi connectivity index (χ1n) is 21.9. The quantitative estimate of drug-likeness (QED) is 0.184. The molecule has 0 aliphatic rings.